The van der Waals surface area contributed by atoms with E-state index in [2.05, 4.69) is 10.3 Å². The molecule has 1 amide bonds. The molecule has 0 bridgehead atoms. The average molecular weight is 326 g/mol. The van der Waals surface area contributed by atoms with Crippen molar-refractivity contribution in [1.29, 1.82) is 5.26 Å². The average Bonchev–Trinajstić information content (AvgIpc) is 2.61. The first-order valence-electron chi connectivity index (χ1n) is 7.17. The van der Waals surface area contributed by atoms with Crippen LogP contribution in [0.5, 0.6) is 11.5 Å². The molecule has 0 unspecified atom stereocenters. The van der Waals surface area contributed by atoms with Crippen LogP contribution in [0.1, 0.15) is 5.69 Å². The zero-order valence-electron chi connectivity index (χ0n) is 13.7. The predicted molar refractivity (Wildman–Crippen MR) is 90.4 cm³/mol. The minimum absolute atomic E-state index is 0.0847. The van der Waals surface area contributed by atoms with Crippen molar-refractivity contribution in [2.24, 2.45) is 0 Å². The number of ether oxygens (including phenoxy) is 2. The van der Waals surface area contributed by atoms with Crippen molar-refractivity contribution in [2.45, 2.75) is 0 Å². The third-order valence-electron chi connectivity index (χ3n) is 3.26. The quantitative estimate of drug-likeness (QED) is 0.874. The molecule has 0 aliphatic heterocycles. The van der Waals surface area contributed by atoms with E-state index in [0.717, 1.165) is 0 Å². The molecule has 0 saturated heterocycles. The first-order chi connectivity index (χ1) is 11.5. The van der Waals surface area contributed by atoms with E-state index in [-0.39, 0.29) is 12.5 Å². The van der Waals surface area contributed by atoms with E-state index in [9.17, 15) is 4.79 Å². The summed E-state index contributed by atoms with van der Waals surface area (Å²) in [5, 5.41) is 11.7. The number of hydrogen-bond donors (Lipinski definition) is 1. The fourth-order valence-corrected chi connectivity index (χ4v) is 2.07. The predicted octanol–water partition coefficient (Wildman–Crippen LogP) is 2.05. The van der Waals surface area contributed by atoms with Gasteiger partial charge in [0.05, 0.1) is 20.8 Å². The van der Waals surface area contributed by atoms with E-state index in [1.165, 1.54) is 0 Å². The molecular formula is C17H18N4O3. The summed E-state index contributed by atoms with van der Waals surface area (Å²) < 4.78 is 10.3. The molecule has 1 heterocycles. The number of nitrogens with one attached hydrogen (secondary N) is 1. The van der Waals surface area contributed by atoms with E-state index in [1.54, 1.807) is 62.6 Å². The molecule has 0 radical (unpaired) electrons. The third-order valence-corrected chi connectivity index (χ3v) is 3.26. The Balaban J connectivity index is 2.06. The van der Waals surface area contributed by atoms with Crippen LogP contribution in [0.2, 0.25) is 0 Å². The monoisotopic (exact) mass is 326 g/mol. The Kier molecular flexibility index (Phi) is 5.58. The molecule has 0 fully saturated rings. The van der Waals surface area contributed by atoms with E-state index in [0.29, 0.717) is 28.7 Å². The minimum Gasteiger partial charge on any atom is -0.497 e. The van der Waals surface area contributed by atoms with E-state index in [1.807, 2.05) is 6.07 Å². The second-order valence-electron chi connectivity index (χ2n) is 5.00. The Hall–Kier alpha value is -3.27. The van der Waals surface area contributed by atoms with E-state index < -0.39 is 0 Å². The zero-order chi connectivity index (χ0) is 17.5. The van der Waals surface area contributed by atoms with Gasteiger partial charge in [0.1, 0.15) is 29.1 Å². The lowest BCUT2D eigenvalue weighted by atomic mass is 10.2. The van der Waals surface area contributed by atoms with Crippen molar-refractivity contribution >= 4 is 17.4 Å². The summed E-state index contributed by atoms with van der Waals surface area (Å²) in [5.74, 6) is 1.49. The summed E-state index contributed by atoms with van der Waals surface area (Å²) in [6.07, 6.45) is 0. The van der Waals surface area contributed by atoms with Gasteiger partial charge in [0, 0.05) is 30.9 Å². The lowest BCUT2D eigenvalue weighted by Crippen LogP contribution is -2.30. The number of nitrogens with zero attached hydrogens (tertiary/aromatic N) is 3. The van der Waals surface area contributed by atoms with Gasteiger partial charge in [0.2, 0.25) is 5.91 Å². The second kappa shape index (κ2) is 7.83. The third kappa shape index (κ3) is 4.36. The van der Waals surface area contributed by atoms with Crippen molar-refractivity contribution in [2.75, 3.05) is 38.0 Å². The van der Waals surface area contributed by atoms with Crippen molar-refractivity contribution in [3.05, 3.63) is 42.1 Å². The van der Waals surface area contributed by atoms with Gasteiger partial charge in [-0.25, -0.2) is 4.98 Å². The largest absolute Gasteiger partial charge is 0.497 e. The minimum atomic E-state index is -0.225. The summed E-state index contributed by atoms with van der Waals surface area (Å²) >= 11 is 0. The number of methoxy groups -OCH3 is 2. The van der Waals surface area contributed by atoms with Gasteiger partial charge < -0.3 is 19.7 Å². The maximum absolute atomic E-state index is 12.2. The zero-order valence-corrected chi connectivity index (χ0v) is 13.7. The van der Waals surface area contributed by atoms with Gasteiger partial charge in [0.15, 0.2) is 0 Å². The van der Waals surface area contributed by atoms with Gasteiger partial charge >= 0.3 is 0 Å². The summed E-state index contributed by atoms with van der Waals surface area (Å²) in [5.41, 5.74) is 0.876. The molecule has 7 nitrogen and oxygen atoms in total. The van der Waals surface area contributed by atoms with Gasteiger partial charge in [-0.1, -0.05) is 6.07 Å². The number of likely N-dealkylation sites (N-methyl/N-ethyl adjacent to an activating group) is 1. The van der Waals surface area contributed by atoms with Crippen LogP contribution in [-0.2, 0) is 4.79 Å². The fraction of sp³-hybridized carbons (Fsp3) is 0.235. The Morgan fingerprint density at radius 2 is 1.92 bits per heavy atom. The number of benzene rings is 1. The summed E-state index contributed by atoms with van der Waals surface area (Å²) in [6, 6.07) is 12.2. The number of rotatable bonds is 6. The van der Waals surface area contributed by atoms with Gasteiger partial charge in [-0.3, -0.25) is 4.79 Å². The Morgan fingerprint density at radius 3 is 2.50 bits per heavy atom. The molecule has 0 aliphatic carbocycles. The standard InChI is InChI=1S/C17H18N4O3/c1-21(16-6-4-5-12(10-18)19-16)11-17(22)20-13-7-14(23-2)9-15(8-13)24-3/h4-9H,11H2,1-3H3,(H,20,22). The molecule has 1 aromatic heterocycles. The highest BCUT2D eigenvalue weighted by molar-refractivity contribution is 5.94. The van der Waals surface area contributed by atoms with Crippen LogP contribution in [0, 0.1) is 11.3 Å². The summed E-state index contributed by atoms with van der Waals surface area (Å²) in [4.78, 5) is 18.0. The van der Waals surface area contributed by atoms with Crippen LogP contribution in [0.4, 0.5) is 11.5 Å². The van der Waals surface area contributed by atoms with Gasteiger partial charge in [0.25, 0.3) is 0 Å². The van der Waals surface area contributed by atoms with Gasteiger partial charge in [-0.2, -0.15) is 5.26 Å². The van der Waals surface area contributed by atoms with Crippen LogP contribution in [0.15, 0.2) is 36.4 Å². The van der Waals surface area contributed by atoms with Gasteiger partial charge in [-0.05, 0) is 12.1 Å². The lowest BCUT2D eigenvalue weighted by molar-refractivity contribution is -0.114. The van der Waals surface area contributed by atoms with Crippen LogP contribution in [0.3, 0.4) is 0 Å². The normalized spacial score (nSPS) is 9.75. The first-order valence-corrected chi connectivity index (χ1v) is 7.17. The maximum Gasteiger partial charge on any atom is 0.243 e. The smallest absolute Gasteiger partial charge is 0.243 e. The molecule has 0 spiro atoms. The highest BCUT2D eigenvalue weighted by atomic mass is 16.5. The number of aromatic nitrogens is 1. The lowest BCUT2D eigenvalue weighted by Gasteiger charge is -2.18. The first kappa shape index (κ1) is 17.1. The molecule has 0 aliphatic rings. The molecule has 0 atom stereocenters. The molecular weight excluding hydrogens is 308 g/mol. The van der Waals surface area contributed by atoms with Crippen LogP contribution < -0.4 is 19.7 Å². The molecule has 2 aromatic rings. The van der Waals surface area contributed by atoms with Crippen molar-refractivity contribution in [3.8, 4) is 17.6 Å². The second-order valence-corrected chi connectivity index (χ2v) is 5.00. The summed E-state index contributed by atoms with van der Waals surface area (Å²) in [6.45, 7) is 0.0847. The van der Waals surface area contributed by atoms with Crippen LogP contribution in [-0.4, -0.2) is 38.7 Å². The molecule has 124 valence electrons. The van der Waals surface area contributed by atoms with Crippen molar-refractivity contribution in [1.82, 2.24) is 4.98 Å². The fourth-order valence-electron chi connectivity index (χ4n) is 2.07. The highest BCUT2D eigenvalue weighted by Crippen LogP contribution is 2.25. The number of carbonyl (C=O) groups excluding carboxylic acids is 1. The highest BCUT2D eigenvalue weighted by Gasteiger charge is 2.11. The van der Waals surface area contributed by atoms with Crippen LogP contribution in [0.25, 0.3) is 0 Å². The van der Waals surface area contributed by atoms with E-state index in [4.69, 9.17) is 14.7 Å². The molecule has 24 heavy (non-hydrogen) atoms. The Bertz CT molecular complexity index is 748. The molecule has 1 N–H and O–H groups in total. The molecule has 0 saturated carbocycles. The molecule has 7 heteroatoms. The van der Waals surface area contributed by atoms with Crippen molar-refractivity contribution < 1.29 is 14.3 Å². The van der Waals surface area contributed by atoms with Gasteiger partial charge in [-0.15, -0.1) is 0 Å². The van der Waals surface area contributed by atoms with E-state index >= 15 is 0 Å². The summed E-state index contributed by atoms with van der Waals surface area (Å²) in [7, 11) is 4.82. The molecule has 1 aromatic carbocycles. The topological polar surface area (TPSA) is 87.5 Å². The number of pyridine rings is 1. The Labute approximate surface area is 140 Å². The van der Waals surface area contributed by atoms with Crippen LogP contribution >= 0.6 is 0 Å². The Morgan fingerprint density at radius 1 is 1.25 bits per heavy atom. The molecule has 2 rings (SSSR count). The SMILES string of the molecule is COc1cc(NC(=O)CN(C)c2cccc(C#N)n2)cc(OC)c1. The van der Waals surface area contributed by atoms with Crippen molar-refractivity contribution in [3.63, 3.8) is 0 Å². The number of nitriles is 1. The number of anilines is 2. The number of carbonyl (C=O) groups is 1. The number of amides is 1. The maximum atomic E-state index is 12.2. The number of hydrogen-bond acceptors (Lipinski definition) is 6.